The molecule has 0 aromatic carbocycles. The number of rotatable bonds is 8. The topological polar surface area (TPSA) is 49.8 Å². The van der Waals surface area contributed by atoms with E-state index in [-0.39, 0.29) is 0 Å². The van der Waals surface area contributed by atoms with Gasteiger partial charge in [-0.25, -0.2) is 4.79 Å². The van der Waals surface area contributed by atoms with Crippen LogP contribution >= 0.6 is 0 Å². The highest BCUT2D eigenvalue weighted by Gasteiger charge is 2.15. The number of hydrogen-bond acceptors (Lipinski definition) is 4. The Bertz CT molecular complexity index is 163. The van der Waals surface area contributed by atoms with Gasteiger partial charge in [0.2, 0.25) is 0 Å². The summed E-state index contributed by atoms with van der Waals surface area (Å²) >= 11 is 0. The molecule has 0 rings (SSSR count). The van der Waals surface area contributed by atoms with Crippen molar-refractivity contribution >= 4 is 5.97 Å². The van der Waals surface area contributed by atoms with E-state index >= 15 is 0 Å². The Balaban J connectivity index is 3.93. The second-order valence-corrected chi connectivity index (χ2v) is 3.72. The highest BCUT2D eigenvalue weighted by atomic mass is 16.7. The van der Waals surface area contributed by atoms with Gasteiger partial charge in [-0.1, -0.05) is 26.7 Å². The molecular formula is C11H23NO3. The molecule has 0 aliphatic carbocycles. The Kier molecular flexibility index (Phi) is 8.33. The predicted molar refractivity (Wildman–Crippen MR) is 59.2 cm³/mol. The second-order valence-electron chi connectivity index (χ2n) is 3.72. The number of carbonyl (C=O) groups excluding carboxylic acids is 1. The van der Waals surface area contributed by atoms with Gasteiger partial charge < -0.3 is 9.94 Å². The highest BCUT2D eigenvalue weighted by molar-refractivity contribution is 5.73. The zero-order chi connectivity index (χ0) is 11.7. The van der Waals surface area contributed by atoms with Crippen LogP contribution in [0.5, 0.6) is 0 Å². The van der Waals surface area contributed by atoms with Crippen LogP contribution in [-0.2, 0) is 9.63 Å². The molecule has 0 aromatic heterocycles. The van der Waals surface area contributed by atoms with E-state index in [1.54, 1.807) is 5.06 Å². The Morgan fingerprint density at radius 3 is 2.07 bits per heavy atom. The average molecular weight is 217 g/mol. The number of hydrogen-bond donors (Lipinski definition) is 1. The quantitative estimate of drug-likeness (QED) is 0.629. The fourth-order valence-corrected chi connectivity index (χ4v) is 1.08. The van der Waals surface area contributed by atoms with Crippen LogP contribution in [-0.4, -0.2) is 35.3 Å². The van der Waals surface area contributed by atoms with Gasteiger partial charge in [0.1, 0.15) is 0 Å². The van der Waals surface area contributed by atoms with Gasteiger partial charge >= 0.3 is 5.97 Å². The lowest BCUT2D eigenvalue weighted by molar-refractivity contribution is -0.199. The number of nitrogens with zero attached hydrogens (tertiary/aromatic N) is 1. The molecule has 0 spiro atoms. The summed E-state index contributed by atoms with van der Waals surface area (Å²) in [5, 5.41) is 10.7. The van der Waals surface area contributed by atoms with Crippen LogP contribution in [0.2, 0.25) is 0 Å². The van der Waals surface area contributed by atoms with Crippen molar-refractivity contribution in [1.82, 2.24) is 5.06 Å². The number of hydroxylamine groups is 2. The Morgan fingerprint density at radius 1 is 1.27 bits per heavy atom. The van der Waals surface area contributed by atoms with E-state index in [1.165, 1.54) is 6.92 Å². The van der Waals surface area contributed by atoms with Crippen molar-refractivity contribution in [2.75, 3.05) is 13.1 Å². The van der Waals surface area contributed by atoms with Crippen molar-refractivity contribution in [2.45, 2.75) is 52.6 Å². The summed E-state index contributed by atoms with van der Waals surface area (Å²) in [7, 11) is 0. The lowest BCUT2D eigenvalue weighted by atomic mass is 10.3. The third-order valence-electron chi connectivity index (χ3n) is 2.08. The molecule has 90 valence electrons. The van der Waals surface area contributed by atoms with Crippen molar-refractivity contribution in [3.05, 3.63) is 0 Å². The number of aliphatic hydroxyl groups is 1. The zero-order valence-electron chi connectivity index (χ0n) is 10.0. The van der Waals surface area contributed by atoms with Crippen molar-refractivity contribution in [1.29, 1.82) is 0 Å². The van der Waals surface area contributed by atoms with Crippen LogP contribution in [0.15, 0.2) is 0 Å². The molecule has 0 aliphatic rings. The van der Waals surface area contributed by atoms with E-state index in [2.05, 4.69) is 13.8 Å². The first-order valence-electron chi connectivity index (χ1n) is 5.76. The van der Waals surface area contributed by atoms with Crippen LogP contribution in [0.25, 0.3) is 0 Å². The lowest BCUT2D eigenvalue weighted by Crippen LogP contribution is -2.33. The van der Waals surface area contributed by atoms with Crippen LogP contribution < -0.4 is 0 Å². The average Bonchev–Trinajstić information content (AvgIpc) is 2.21. The standard InChI is InChI=1S/C11H23NO3/c1-4-6-8-12(9-7-5-2)15-11(14)10(3)13/h10,13H,4-9H2,1-3H3. The van der Waals surface area contributed by atoms with Gasteiger partial charge in [0.15, 0.2) is 6.10 Å². The van der Waals surface area contributed by atoms with E-state index in [0.717, 1.165) is 38.8 Å². The van der Waals surface area contributed by atoms with Crippen LogP contribution in [0.3, 0.4) is 0 Å². The van der Waals surface area contributed by atoms with Crippen molar-refractivity contribution in [2.24, 2.45) is 0 Å². The first-order chi connectivity index (χ1) is 7.11. The summed E-state index contributed by atoms with van der Waals surface area (Å²) in [5.41, 5.74) is 0. The monoisotopic (exact) mass is 217 g/mol. The molecule has 0 heterocycles. The van der Waals surface area contributed by atoms with E-state index in [0.29, 0.717) is 0 Å². The van der Waals surface area contributed by atoms with E-state index in [1.807, 2.05) is 0 Å². The van der Waals surface area contributed by atoms with Gasteiger partial charge in [-0.2, -0.15) is 0 Å². The molecule has 4 nitrogen and oxygen atoms in total. The predicted octanol–water partition coefficient (Wildman–Crippen LogP) is 1.73. The first kappa shape index (κ1) is 14.4. The number of aliphatic hydroxyl groups excluding tert-OH is 1. The summed E-state index contributed by atoms with van der Waals surface area (Å²) in [6.07, 6.45) is 3.08. The molecule has 0 amide bonds. The molecule has 1 unspecified atom stereocenters. The van der Waals surface area contributed by atoms with E-state index in [9.17, 15) is 4.79 Å². The zero-order valence-corrected chi connectivity index (χ0v) is 10.0. The van der Waals surface area contributed by atoms with Gasteiger partial charge in [-0.05, 0) is 19.8 Å². The molecule has 0 saturated heterocycles. The molecule has 4 heteroatoms. The maximum atomic E-state index is 11.2. The smallest absolute Gasteiger partial charge is 0.353 e. The molecule has 1 N–H and O–H groups in total. The SMILES string of the molecule is CCCCN(CCCC)OC(=O)C(C)O. The molecule has 0 aliphatic heterocycles. The Morgan fingerprint density at radius 2 is 1.73 bits per heavy atom. The molecule has 0 aromatic rings. The summed E-state index contributed by atoms with van der Waals surface area (Å²) in [6, 6.07) is 0. The van der Waals surface area contributed by atoms with Gasteiger partial charge in [-0.15, -0.1) is 5.06 Å². The number of unbranched alkanes of at least 4 members (excludes halogenated alkanes) is 2. The minimum absolute atomic E-state index is 0.567. The molecule has 0 fully saturated rings. The highest BCUT2D eigenvalue weighted by Crippen LogP contribution is 2.01. The Hall–Kier alpha value is -0.610. The molecule has 1 atom stereocenters. The van der Waals surface area contributed by atoms with Gasteiger partial charge in [-0.3, -0.25) is 0 Å². The third kappa shape index (κ3) is 7.33. The summed E-state index contributed by atoms with van der Waals surface area (Å²) in [6.45, 7) is 7.09. The summed E-state index contributed by atoms with van der Waals surface area (Å²) in [4.78, 5) is 16.2. The van der Waals surface area contributed by atoms with Gasteiger partial charge in [0, 0.05) is 13.1 Å². The second kappa shape index (κ2) is 8.68. The maximum absolute atomic E-state index is 11.2. The van der Waals surface area contributed by atoms with Gasteiger partial charge in [0.25, 0.3) is 0 Å². The lowest BCUT2D eigenvalue weighted by Gasteiger charge is -2.21. The Labute approximate surface area is 92.2 Å². The van der Waals surface area contributed by atoms with Gasteiger partial charge in [0.05, 0.1) is 0 Å². The van der Waals surface area contributed by atoms with Crippen LogP contribution in [0, 0.1) is 0 Å². The fraction of sp³-hybridized carbons (Fsp3) is 0.909. The van der Waals surface area contributed by atoms with Crippen LogP contribution in [0.4, 0.5) is 0 Å². The maximum Gasteiger partial charge on any atom is 0.353 e. The molecular weight excluding hydrogens is 194 g/mol. The van der Waals surface area contributed by atoms with Crippen LogP contribution in [0.1, 0.15) is 46.5 Å². The minimum atomic E-state index is -1.05. The van der Waals surface area contributed by atoms with E-state index < -0.39 is 12.1 Å². The molecule has 0 radical (unpaired) electrons. The number of carbonyl (C=O) groups is 1. The van der Waals surface area contributed by atoms with Crippen molar-refractivity contribution in [3.63, 3.8) is 0 Å². The third-order valence-corrected chi connectivity index (χ3v) is 2.08. The molecule has 0 bridgehead atoms. The van der Waals surface area contributed by atoms with E-state index in [4.69, 9.17) is 9.94 Å². The fourth-order valence-electron chi connectivity index (χ4n) is 1.08. The largest absolute Gasteiger partial charge is 0.382 e. The minimum Gasteiger partial charge on any atom is -0.382 e. The summed E-state index contributed by atoms with van der Waals surface area (Å²) in [5.74, 6) is -0.567. The summed E-state index contributed by atoms with van der Waals surface area (Å²) < 4.78 is 0. The molecule has 15 heavy (non-hydrogen) atoms. The van der Waals surface area contributed by atoms with Crippen molar-refractivity contribution < 1.29 is 14.7 Å². The first-order valence-corrected chi connectivity index (χ1v) is 5.76. The molecule has 0 saturated carbocycles. The normalized spacial score (nSPS) is 12.9. The van der Waals surface area contributed by atoms with Crippen molar-refractivity contribution in [3.8, 4) is 0 Å².